The highest BCUT2D eigenvalue weighted by atomic mass is 32.1. The predicted octanol–water partition coefficient (Wildman–Crippen LogP) is 3.52. The van der Waals surface area contributed by atoms with Gasteiger partial charge in [-0.3, -0.25) is 14.0 Å². The van der Waals surface area contributed by atoms with Crippen LogP contribution in [0.5, 0.6) is 0 Å². The van der Waals surface area contributed by atoms with E-state index in [9.17, 15) is 9.59 Å². The molecule has 30 heavy (non-hydrogen) atoms. The number of aromatic nitrogens is 4. The molecule has 0 atom stereocenters. The molecule has 5 rings (SSSR count). The highest BCUT2D eigenvalue weighted by Crippen LogP contribution is 2.24. The van der Waals surface area contributed by atoms with Crippen molar-refractivity contribution in [3.8, 4) is 22.7 Å². The number of amides is 1. The zero-order valence-electron chi connectivity index (χ0n) is 15.6. The van der Waals surface area contributed by atoms with Crippen LogP contribution in [0.4, 0.5) is 5.69 Å². The topological polar surface area (TPSA) is 94.4 Å². The Labute approximate surface area is 174 Å². The first kappa shape index (κ1) is 18.1. The first-order valence-electron chi connectivity index (χ1n) is 9.10. The van der Waals surface area contributed by atoms with Crippen molar-refractivity contribution in [1.82, 2.24) is 19.2 Å². The normalized spacial score (nSPS) is 11.1. The number of carbonyl (C=O) groups excluding carboxylic acids is 1. The molecule has 0 bridgehead atoms. The van der Waals surface area contributed by atoms with Crippen molar-refractivity contribution in [3.05, 3.63) is 82.9 Å². The van der Waals surface area contributed by atoms with Crippen LogP contribution in [0.2, 0.25) is 0 Å². The third-order valence-corrected chi connectivity index (χ3v) is 5.24. The molecular weight excluding hydrogens is 402 g/mol. The smallest absolute Gasteiger partial charge is 0.267 e. The molecule has 1 amide bonds. The minimum absolute atomic E-state index is 0.210. The maximum atomic E-state index is 12.5. The van der Waals surface area contributed by atoms with E-state index >= 15 is 0 Å². The molecule has 0 aliphatic heterocycles. The van der Waals surface area contributed by atoms with E-state index in [4.69, 9.17) is 4.42 Å². The number of anilines is 1. The third kappa shape index (κ3) is 3.53. The van der Waals surface area contributed by atoms with E-state index in [2.05, 4.69) is 15.4 Å². The number of rotatable bonds is 5. The number of nitrogens with zero attached hydrogens (tertiary/aromatic N) is 4. The van der Waals surface area contributed by atoms with Crippen LogP contribution in [-0.2, 0) is 11.3 Å². The van der Waals surface area contributed by atoms with Gasteiger partial charge in [-0.15, -0.1) is 11.3 Å². The van der Waals surface area contributed by atoms with Gasteiger partial charge in [-0.25, -0.2) is 9.67 Å². The van der Waals surface area contributed by atoms with Crippen molar-refractivity contribution in [2.75, 3.05) is 5.32 Å². The summed E-state index contributed by atoms with van der Waals surface area (Å²) in [5.41, 5.74) is 2.44. The van der Waals surface area contributed by atoms with Crippen molar-refractivity contribution in [3.63, 3.8) is 0 Å². The van der Waals surface area contributed by atoms with Gasteiger partial charge in [0.05, 0.1) is 12.0 Å². The average molecular weight is 417 g/mol. The minimum Gasteiger partial charge on any atom is -0.463 e. The monoisotopic (exact) mass is 417 g/mol. The maximum Gasteiger partial charge on any atom is 0.267 e. The summed E-state index contributed by atoms with van der Waals surface area (Å²) < 4.78 is 8.37. The van der Waals surface area contributed by atoms with E-state index in [0.29, 0.717) is 17.1 Å². The van der Waals surface area contributed by atoms with Gasteiger partial charge in [0, 0.05) is 35.1 Å². The first-order valence-corrected chi connectivity index (χ1v) is 9.98. The molecule has 0 aliphatic rings. The fraction of sp³-hybridized carbons (Fsp3) is 0.0476. The summed E-state index contributed by atoms with van der Waals surface area (Å²) in [7, 11) is 0. The lowest BCUT2D eigenvalue weighted by molar-refractivity contribution is -0.117. The van der Waals surface area contributed by atoms with Crippen LogP contribution >= 0.6 is 11.3 Å². The van der Waals surface area contributed by atoms with Crippen LogP contribution in [0.15, 0.2) is 81.8 Å². The number of nitrogens with one attached hydrogen (secondary N) is 1. The van der Waals surface area contributed by atoms with Gasteiger partial charge in [0.25, 0.3) is 5.56 Å². The molecule has 0 fully saturated rings. The van der Waals surface area contributed by atoms with Crippen molar-refractivity contribution < 1.29 is 9.21 Å². The number of carbonyl (C=O) groups is 1. The number of thiazole rings is 1. The van der Waals surface area contributed by atoms with E-state index in [0.717, 1.165) is 20.9 Å². The quantitative estimate of drug-likeness (QED) is 0.472. The van der Waals surface area contributed by atoms with E-state index in [1.54, 1.807) is 35.6 Å². The van der Waals surface area contributed by atoms with Gasteiger partial charge in [0.1, 0.15) is 12.2 Å². The molecule has 0 aliphatic carbocycles. The van der Waals surface area contributed by atoms with Crippen molar-refractivity contribution >= 4 is 27.9 Å². The van der Waals surface area contributed by atoms with E-state index in [1.165, 1.54) is 12.3 Å². The largest absolute Gasteiger partial charge is 0.463 e. The summed E-state index contributed by atoms with van der Waals surface area (Å²) in [5.74, 6) is 0.168. The molecule has 0 saturated heterocycles. The van der Waals surface area contributed by atoms with Gasteiger partial charge < -0.3 is 9.73 Å². The second-order valence-corrected chi connectivity index (χ2v) is 7.41. The molecule has 9 heteroatoms. The summed E-state index contributed by atoms with van der Waals surface area (Å²) in [6.45, 7) is -0.210. The number of hydrogen-bond donors (Lipinski definition) is 1. The van der Waals surface area contributed by atoms with Gasteiger partial charge in [0.15, 0.2) is 10.7 Å². The number of fused-ring (bicyclic) bond motifs is 1. The zero-order valence-corrected chi connectivity index (χ0v) is 16.4. The van der Waals surface area contributed by atoms with Gasteiger partial charge in [0.2, 0.25) is 5.91 Å². The summed E-state index contributed by atoms with van der Waals surface area (Å²) in [5, 5.41) is 9.01. The van der Waals surface area contributed by atoms with E-state index in [-0.39, 0.29) is 18.0 Å². The Morgan fingerprint density at radius 2 is 2.07 bits per heavy atom. The number of benzene rings is 1. The van der Waals surface area contributed by atoms with Gasteiger partial charge in [-0.1, -0.05) is 12.1 Å². The minimum atomic E-state index is -0.368. The van der Waals surface area contributed by atoms with Gasteiger partial charge in [-0.05, 0) is 30.3 Å². The van der Waals surface area contributed by atoms with Crippen molar-refractivity contribution in [1.29, 1.82) is 0 Å². The molecule has 0 saturated carbocycles. The van der Waals surface area contributed by atoms with Gasteiger partial charge in [-0.2, -0.15) is 5.10 Å². The molecule has 8 nitrogen and oxygen atoms in total. The molecule has 5 aromatic rings. The Morgan fingerprint density at radius 3 is 2.90 bits per heavy atom. The van der Waals surface area contributed by atoms with Crippen LogP contribution in [0.1, 0.15) is 0 Å². The highest BCUT2D eigenvalue weighted by Gasteiger charge is 2.11. The van der Waals surface area contributed by atoms with Crippen LogP contribution in [0.3, 0.4) is 0 Å². The Morgan fingerprint density at radius 1 is 1.13 bits per heavy atom. The molecule has 1 aromatic carbocycles. The molecule has 0 radical (unpaired) electrons. The average Bonchev–Trinajstić information content (AvgIpc) is 3.47. The Hall–Kier alpha value is -3.98. The lowest BCUT2D eigenvalue weighted by atomic mass is 10.1. The van der Waals surface area contributed by atoms with Crippen molar-refractivity contribution in [2.45, 2.75) is 6.54 Å². The van der Waals surface area contributed by atoms with E-state index < -0.39 is 0 Å². The van der Waals surface area contributed by atoms with Crippen molar-refractivity contribution in [2.24, 2.45) is 0 Å². The number of furan rings is 1. The standard InChI is InChI=1S/C21H15N5O3S/c27-19(13-26-20(28)7-6-16(24-26)18-5-2-9-29-18)22-15-4-1-3-14(11-15)17-12-25-8-10-30-21(25)23-17/h1-12H,13H2,(H,22,27). The Kier molecular flexibility index (Phi) is 4.49. The maximum absolute atomic E-state index is 12.5. The summed E-state index contributed by atoms with van der Waals surface area (Å²) in [6.07, 6.45) is 5.41. The third-order valence-electron chi connectivity index (χ3n) is 4.47. The second kappa shape index (κ2) is 7.45. The Balaban J connectivity index is 1.34. The second-order valence-electron chi connectivity index (χ2n) is 6.54. The fourth-order valence-corrected chi connectivity index (χ4v) is 3.78. The highest BCUT2D eigenvalue weighted by molar-refractivity contribution is 7.15. The lowest BCUT2D eigenvalue weighted by Crippen LogP contribution is -2.29. The summed E-state index contributed by atoms with van der Waals surface area (Å²) in [6, 6.07) is 13.8. The van der Waals surface area contributed by atoms with Crippen LogP contribution in [0, 0.1) is 0 Å². The number of hydrogen-bond acceptors (Lipinski definition) is 6. The van der Waals surface area contributed by atoms with Crippen LogP contribution < -0.4 is 10.9 Å². The number of imidazole rings is 1. The summed E-state index contributed by atoms with van der Waals surface area (Å²) in [4.78, 5) is 30.1. The molecule has 4 heterocycles. The SMILES string of the molecule is O=C(Cn1nc(-c2ccco2)ccc1=O)Nc1cccc(-c2cn3ccsc3n2)c1. The first-order chi connectivity index (χ1) is 14.7. The molecule has 1 N–H and O–H groups in total. The fourth-order valence-electron chi connectivity index (χ4n) is 3.08. The summed E-state index contributed by atoms with van der Waals surface area (Å²) >= 11 is 1.56. The molecule has 4 aromatic heterocycles. The molecular formula is C21H15N5O3S. The zero-order chi connectivity index (χ0) is 20.5. The molecule has 0 unspecified atom stereocenters. The lowest BCUT2D eigenvalue weighted by Gasteiger charge is -2.08. The van der Waals surface area contributed by atoms with Crippen LogP contribution in [0.25, 0.3) is 27.7 Å². The van der Waals surface area contributed by atoms with Gasteiger partial charge >= 0.3 is 0 Å². The van der Waals surface area contributed by atoms with E-state index in [1.807, 2.05) is 40.4 Å². The van der Waals surface area contributed by atoms with Crippen LogP contribution in [-0.4, -0.2) is 25.1 Å². The molecule has 148 valence electrons. The Bertz CT molecular complexity index is 1370. The predicted molar refractivity (Wildman–Crippen MR) is 113 cm³/mol. The molecule has 0 spiro atoms.